The highest BCUT2D eigenvalue weighted by atomic mass is 79.9. The van der Waals surface area contributed by atoms with Gasteiger partial charge in [-0.25, -0.2) is 4.79 Å². The fourth-order valence-electron chi connectivity index (χ4n) is 2.26. The molecular formula is C21H15BrClN3O2S. The summed E-state index contributed by atoms with van der Waals surface area (Å²) in [7, 11) is 0. The Morgan fingerprint density at radius 3 is 2.48 bits per heavy atom. The zero-order chi connectivity index (χ0) is 20.6. The summed E-state index contributed by atoms with van der Waals surface area (Å²) in [6, 6.07) is 21.1. The Hall–Kier alpha value is -2.74. The number of nitrogens with zero attached hydrogens (tertiary/aromatic N) is 1. The van der Waals surface area contributed by atoms with Crippen LogP contribution in [0.5, 0.6) is 5.75 Å². The lowest BCUT2D eigenvalue weighted by Gasteiger charge is -2.07. The molecule has 0 unspecified atom stereocenters. The lowest BCUT2D eigenvalue weighted by Crippen LogP contribution is -2.23. The fourth-order valence-corrected chi connectivity index (χ4v) is 2.89. The minimum atomic E-state index is -0.418. The van der Waals surface area contributed by atoms with Crippen LogP contribution in [0.15, 0.2) is 82.4 Å². The van der Waals surface area contributed by atoms with Crippen molar-refractivity contribution >= 4 is 62.7 Å². The van der Waals surface area contributed by atoms with E-state index < -0.39 is 5.97 Å². The summed E-state index contributed by atoms with van der Waals surface area (Å²) in [6.45, 7) is 0. The molecule has 0 aliphatic carbocycles. The molecule has 0 saturated heterocycles. The van der Waals surface area contributed by atoms with E-state index in [0.717, 1.165) is 15.7 Å². The first-order chi connectivity index (χ1) is 14.0. The number of nitrogens with one attached hydrogen (secondary N) is 2. The number of benzene rings is 3. The van der Waals surface area contributed by atoms with Crippen LogP contribution in [0.25, 0.3) is 0 Å². The number of carbonyl (C=O) groups excluding carboxylic acids is 1. The van der Waals surface area contributed by atoms with E-state index in [0.29, 0.717) is 21.4 Å². The van der Waals surface area contributed by atoms with Gasteiger partial charge in [-0.1, -0.05) is 33.6 Å². The minimum Gasteiger partial charge on any atom is -0.423 e. The van der Waals surface area contributed by atoms with E-state index in [1.807, 2.05) is 12.1 Å². The molecule has 2 N–H and O–H groups in total. The van der Waals surface area contributed by atoms with Crippen molar-refractivity contribution in [1.82, 2.24) is 5.43 Å². The number of ether oxygens (including phenoxy) is 1. The molecule has 3 rings (SSSR count). The summed E-state index contributed by atoms with van der Waals surface area (Å²) in [5.41, 5.74) is 4.78. The van der Waals surface area contributed by atoms with Crippen LogP contribution in [0.4, 0.5) is 5.69 Å². The summed E-state index contributed by atoms with van der Waals surface area (Å²) in [6.07, 6.45) is 1.60. The van der Waals surface area contributed by atoms with Crippen LogP contribution >= 0.6 is 39.7 Å². The van der Waals surface area contributed by atoms with Gasteiger partial charge in [-0.3, -0.25) is 5.43 Å². The van der Waals surface area contributed by atoms with E-state index >= 15 is 0 Å². The van der Waals surface area contributed by atoms with Gasteiger partial charge in [0.15, 0.2) is 5.11 Å². The third kappa shape index (κ3) is 6.67. The van der Waals surface area contributed by atoms with Crippen LogP contribution < -0.4 is 15.5 Å². The Bertz CT molecular complexity index is 1040. The smallest absolute Gasteiger partial charge is 0.343 e. The maximum absolute atomic E-state index is 12.1. The Labute approximate surface area is 186 Å². The molecule has 0 atom stereocenters. The van der Waals surface area contributed by atoms with Crippen molar-refractivity contribution in [1.29, 1.82) is 0 Å². The van der Waals surface area contributed by atoms with E-state index in [1.54, 1.807) is 66.9 Å². The van der Waals surface area contributed by atoms with Crippen molar-refractivity contribution in [2.24, 2.45) is 5.10 Å². The van der Waals surface area contributed by atoms with Gasteiger partial charge >= 0.3 is 5.97 Å². The van der Waals surface area contributed by atoms with Crippen LogP contribution in [0.3, 0.4) is 0 Å². The molecular weight excluding hydrogens is 474 g/mol. The van der Waals surface area contributed by atoms with Crippen molar-refractivity contribution < 1.29 is 9.53 Å². The largest absolute Gasteiger partial charge is 0.423 e. The Morgan fingerprint density at radius 2 is 1.79 bits per heavy atom. The minimum absolute atomic E-state index is 0.337. The number of esters is 1. The summed E-state index contributed by atoms with van der Waals surface area (Å²) in [5.74, 6) is 0.0270. The van der Waals surface area contributed by atoms with Gasteiger partial charge in [0, 0.05) is 15.2 Å². The topological polar surface area (TPSA) is 62.7 Å². The molecule has 0 aliphatic rings. The van der Waals surface area contributed by atoms with Gasteiger partial charge in [-0.15, -0.1) is 0 Å². The Morgan fingerprint density at radius 1 is 1.07 bits per heavy atom. The first-order valence-corrected chi connectivity index (χ1v) is 10.0. The highest BCUT2D eigenvalue weighted by molar-refractivity contribution is 9.10. The monoisotopic (exact) mass is 487 g/mol. The van der Waals surface area contributed by atoms with Crippen LogP contribution in [-0.4, -0.2) is 17.3 Å². The van der Waals surface area contributed by atoms with Crippen LogP contribution in [0.2, 0.25) is 5.02 Å². The summed E-state index contributed by atoms with van der Waals surface area (Å²) >= 11 is 14.4. The van der Waals surface area contributed by atoms with Gasteiger partial charge in [0.05, 0.1) is 11.8 Å². The third-order valence-electron chi connectivity index (χ3n) is 3.63. The Kier molecular flexibility index (Phi) is 7.35. The fraction of sp³-hybridized carbons (Fsp3) is 0. The number of thiocarbonyl (C=S) groups is 1. The second-order valence-electron chi connectivity index (χ2n) is 5.80. The van der Waals surface area contributed by atoms with Gasteiger partial charge in [0.25, 0.3) is 0 Å². The lowest BCUT2D eigenvalue weighted by molar-refractivity contribution is 0.0734. The number of hydrazone groups is 1. The summed E-state index contributed by atoms with van der Waals surface area (Å²) in [4.78, 5) is 12.1. The molecule has 3 aromatic rings. The van der Waals surface area contributed by atoms with Gasteiger partial charge < -0.3 is 10.1 Å². The molecule has 0 saturated carbocycles. The molecule has 0 heterocycles. The van der Waals surface area contributed by atoms with Gasteiger partial charge in [0.2, 0.25) is 0 Å². The Balaban J connectivity index is 1.51. The predicted octanol–water partition coefficient (Wildman–Crippen LogP) is 5.64. The van der Waals surface area contributed by atoms with Crippen LogP contribution in [0.1, 0.15) is 15.9 Å². The summed E-state index contributed by atoms with van der Waals surface area (Å²) < 4.78 is 6.25. The number of halogens is 2. The highest BCUT2D eigenvalue weighted by Gasteiger charge is 2.08. The molecule has 0 aromatic heterocycles. The van der Waals surface area contributed by atoms with Gasteiger partial charge in [-0.05, 0) is 84.5 Å². The van der Waals surface area contributed by atoms with Crippen molar-refractivity contribution in [3.05, 3.63) is 93.4 Å². The number of hydrogen-bond donors (Lipinski definition) is 2. The maximum Gasteiger partial charge on any atom is 0.343 e. The number of rotatable bonds is 5. The molecule has 0 amide bonds. The van der Waals surface area contributed by atoms with Gasteiger partial charge in [-0.2, -0.15) is 5.10 Å². The molecule has 0 spiro atoms. The second kappa shape index (κ2) is 10.2. The van der Waals surface area contributed by atoms with Crippen LogP contribution in [0, 0.1) is 0 Å². The van der Waals surface area contributed by atoms with Crippen molar-refractivity contribution in [3.8, 4) is 5.75 Å². The van der Waals surface area contributed by atoms with Crippen LogP contribution in [-0.2, 0) is 0 Å². The molecule has 5 nitrogen and oxygen atoms in total. The predicted molar refractivity (Wildman–Crippen MR) is 124 cm³/mol. The molecule has 0 fully saturated rings. The molecule has 0 radical (unpaired) electrons. The molecule has 8 heteroatoms. The lowest BCUT2D eigenvalue weighted by atomic mass is 10.2. The van der Waals surface area contributed by atoms with Crippen molar-refractivity contribution in [2.45, 2.75) is 0 Å². The average molecular weight is 489 g/mol. The van der Waals surface area contributed by atoms with Crippen molar-refractivity contribution in [2.75, 3.05) is 5.32 Å². The third-order valence-corrected chi connectivity index (χ3v) is 4.59. The van der Waals surface area contributed by atoms with E-state index in [9.17, 15) is 4.79 Å². The quantitative estimate of drug-likeness (QED) is 0.160. The second-order valence-corrected chi connectivity index (χ2v) is 7.56. The normalized spacial score (nSPS) is 10.6. The average Bonchev–Trinajstić information content (AvgIpc) is 2.70. The zero-order valence-corrected chi connectivity index (χ0v) is 18.1. The number of hydrogen-bond acceptors (Lipinski definition) is 4. The molecule has 29 heavy (non-hydrogen) atoms. The molecule has 0 aliphatic heterocycles. The number of carbonyl (C=O) groups is 1. The highest BCUT2D eigenvalue weighted by Crippen LogP contribution is 2.16. The molecule has 3 aromatic carbocycles. The zero-order valence-electron chi connectivity index (χ0n) is 14.9. The summed E-state index contributed by atoms with van der Waals surface area (Å²) in [5, 5.41) is 8.01. The molecule has 0 bridgehead atoms. The SMILES string of the molecule is O=C(Oc1ccc(C=NNC(=S)Nc2cccc(Cl)c2)cc1)c1ccc(Br)cc1. The first-order valence-electron chi connectivity index (χ1n) is 8.43. The van der Waals surface area contributed by atoms with Crippen molar-refractivity contribution in [3.63, 3.8) is 0 Å². The van der Waals surface area contributed by atoms with E-state index in [4.69, 9.17) is 28.6 Å². The maximum atomic E-state index is 12.1. The first kappa shape index (κ1) is 21.0. The van der Waals surface area contributed by atoms with E-state index in [1.165, 1.54) is 0 Å². The van der Waals surface area contributed by atoms with Gasteiger partial charge in [0.1, 0.15) is 5.75 Å². The standard InChI is InChI=1S/C21H15BrClN3O2S/c22-16-8-6-15(7-9-16)20(27)28-19-10-4-14(5-11-19)13-24-26-21(29)25-18-3-1-2-17(23)12-18/h1-13H,(H2,25,26,29). The number of anilines is 1. The van der Waals surface area contributed by atoms with E-state index in [-0.39, 0.29) is 0 Å². The van der Waals surface area contributed by atoms with E-state index in [2.05, 4.69) is 31.8 Å². The molecule has 146 valence electrons.